The average Bonchev–Trinajstić information content (AvgIpc) is 3.25. The number of rotatable bonds is 4. The normalized spacial score (nSPS) is 24.5. The Kier molecular flexibility index (Phi) is 5.28. The number of Topliss-reactive ketones (excluding diaryl/α,β-unsaturated/α-hetero) is 1. The fourth-order valence-electron chi connectivity index (χ4n) is 5.34. The quantitative estimate of drug-likeness (QED) is 0.513. The van der Waals surface area contributed by atoms with Gasteiger partial charge in [-0.15, -0.1) is 0 Å². The molecule has 2 aromatic carbocycles. The van der Waals surface area contributed by atoms with Crippen LogP contribution in [0.15, 0.2) is 24.3 Å². The topological polar surface area (TPSA) is 137 Å². The van der Waals surface area contributed by atoms with E-state index >= 15 is 0 Å². The van der Waals surface area contributed by atoms with Crippen LogP contribution in [0.1, 0.15) is 46.7 Å². The van der Waals surface area contributed by atoms with E-state index in [1.165, 1.54) is 12.1 Å². The predicted octanol–water partition coefficient (Wildman–Crippen LogP) is 2.66. The van der Waals surface area contributed by atoms with Gasteiger partial charge in [-0.3, -0.25) is 9.59 Å². The SMILES string of the molecule is O=C(O)[C@H]1[C@H](c2cc(O)c(O)c(O)c2)c2cc3c(cc2C(=O)[C@H]1CN1CCCCC1)OCO3. The maximum Gasteiger partial charge on any atom is 0.308 e. The lowest BCUT2D eigenvalue weighted by Gasteiger charge is -2.39. The van der Waals surface area contributed by atoms with Crippen molar-refractivity contribution in [3.05, 3.63) is 41.0 Å². The van der Waals surface area contributed by atoms with Crippen LogP contribution in [0.5, 0.6) is 28.7 Å². The van der Waals surface area contributed by atoms with E-state index in [1.807, 2.05) is 0 Å². The molecule has 0 spiro atoms. The minimum absolute atomic E-state index is 0.00254. The molecule has 2 aliphatic heterocycles. The minimum atomic E-state index is -1.15. The lowest BCUT2D eigenvalue weighted by Crippen LogP contribution is -2.46. The standard InChI is InChI=1S/C24H25NO8/c26-16-6-12(7-17(27)23(16)29)20-13-8-18-19(33-11-32-18)9-14(13)22(28)15(21(20)24(30)31)10-25-4-2-1-3-5-25/h6-9,15,20-21,26-27,29H,1-5,10-11H2,(H,30,31)/t15-,20+,21+/m0/s1. The van der Waals surface area contributed by atoms with Gasteiger partial charge in [-0.1, -0.05) is 6.42 Å². The first-order valence-electron chi connectivity index (χ1n) is 11.0. The number of phenolic OH excluding ortho intramolecular Hbond substituents is 3. The second-order valence-corrected chi connectivity index (χ2v) is 8.87. The Labute approximate surface area is 189 Å². The molecule has 1 fully saturated rings. The van der Waals surface area contributed by atoms with E-state index in [1.54, 1.807) is 12.1 Å². The number of fused-ring (bicyclic) bond motifs is 2. The zero-order chi connectivity index (χ0) is 23.3. The Bertz CT molecular complexity index is 1100. The molecule has 0 saturated carbocycles. The number of piperidine rings is 1. The molecule has 0 unspecified atom stereocenters. The van der Waals surface area contributed by atoms with Crippen molar-refractivity contribution in [2.75, 3.05) is 26.4 Å². The first-order valence-corrected chi connectivity index (χ1v) is 11.0. The highest BCUT2D eigenvalue weighted by atomic mass is 16.7. The van der Waals surface area contributed by atoms with E-state index < -0.39 is 41.0 Å². The molecule has 1 saturated heterocycles. The summed E-state index contributed by atoms with van der Waals surface area (Å²) in [7, 11) is 0. The van der Waals surface area contributed by atoms with Crippen molar-refractivity contribution in [3.63, 3.8) is 0 Å². The molecule has 9 heteroatoms. The van der Waals surface area contributed by atoms with Gasteiger partial charge < -0.3 is 34.8 Å². The number of ketones is 1. The maximum absolute atomic E-state index is 13.6. The number of carboxylic acid groups (broad SMARTS) is 1. The smallest absolute Gasteiger partial charge is 0.308 e. The summed E-state index contributed by atoms with van der Waals surface area (Å²) >= 11 is 0. The Morgan fingerprint density at radius 3 is 2.24 bits per heavy atom. The largest absolute Gasteiger partial charge is 0.504 e. The van der Waals surface area contributed by atoms with Gasteiger partial charge in [0.05, 0.1) is 5.92 Å². The first kappa shape index (κ1) is 21.4. The van der Waals surface area contributed by atoms with E-state index in [4.69, 9.17) is 9.47 Å². The van der Waals surface area contributed by atoms with E-state index in [-0.39, 0.29) is 18.1 Å². The number of carbonyl (C=O) groups is 2. The molecule has 4 N–H and O–H groups in total. The van der Waals surface area contributed by atoms with Crippen LogP contribution in [0.25, 0.3) is 0 Å². The first-order chi connectivity index (χ1) is 15.8. The van der Waals surface area contributed by atoms with E-state index in [0.717, 1.165) is 32.4 Å². The Balaban J connectivity index is 1.68. The summed E-state index contributed by atoms with van der Waals surface area (Å²) in [5, 5.41) is 40.4. The Morgan fingerprint density at radius 2 is 1.61 bits per heavy atom. The second kappa shape index (κ2) is 8.15. The zero-order valence-corrected chi connectivity index (χ0v) is 17.9. The van der Waals surface area contributed by atoms with Gasteiger partial charge in [-0.2, -0.15) is 0 Å². The number of phenols is 3. The molecule has 3 aliphatic rings. The van der Waals surface area contributed by atoms with Gasteiger partial charge >= 0.3 is 5.97 Å². The summed E-state index contributed by atoms with van der Waals surface area (Å²) in [5.41, 5.74) is 1.05. The van der Waals surface area contributed by atoms with Crippen molar-refractivity contribution >= 4 is 11.8 Å². The number of benzene rings is 2. The molecule has 2 aromatic rings. The second-order valence-electron chi connectivity index (χ2n) is 8.87. The summed E-state index contributed by atoms with van der Waals surface area (Å²) < 4.78 is 10.9. The van der Waals surface area contributed by atoms with Crippen LogP contribution in [0.4, 0.5) is 0 Å². The molecule has 0 aromatic heterocycles. The van der Waals surface area contributed by atoms with Crippen molar-refractivity contribution in [3.8, 4) is 28.7 Å². The van der Waals surface area contributed by atoms with Crippen molar-refractivity contribution in [1.82, 2.24) is 4.90 Å². The molecule has 33 heavy (non-hydrogen) atoms. The van der Waals surface area contributed by atoms with Gasteiger partial charge in [-0.05, 0) is 61.3 Å². The minimum Gasteiger partial charge on any atom is -0.504 e. The number of hydrogen-bond donors (Lipinski definition) is 4. The van der Waals surface area contributed by atoms with Crippen molar-refractivity contribution in [2.24, 2.45) is 11.8 Å². The maximum atomic E-state index is 13.6. The Hall–Kier alpha value is -3.46. The summed E-state index contributed by atoms with van der Waals surface area (Å²) in [4.78, 5) is 28.4. The van der Waals surface area contributed by atoms with Crippen LogP contribution >= 0.6 is 0 Å². The molecule has 5 rings (SSSR count). The predicted molar refractivity (Wildman–Crippen MR) is 115 cm³/mol. The number of hydrogen-bond acceptors (Lipinski definition) is 8. The Morgan fingerprint density at radius 1 is 0.970 bits per heavy atom. The fourth-order valence-corrected chi connectivity index (χ4v) is 5.34. The van der Waals surface area contributed by atoms with Crippen molar-refractivity contribution in [1.29, 1.82) is 0 Å². The molecule has 0 amide bonds. The van der Waals surface area contributed by atoms with Gasteiger partial charge in [0.1, 0.15) is 0 Å². The van der Waals surface area contributed by atoms with Crippen LogP contribution in [-0.4, -0.2) is 63.5 Å². The molecule has 1 aliphatic carbocycles. The molecule has 2 heterocycles. The lowest BCUT2D eigenvalue weighted by molar-refractivity contribution is -0.144. The number of carboxylic acids is 1. The van der Waals surface area contributed by atoms with Crippen molar-refractivity contribution < 1.29 is 39.5 Å². The van der Waals surface area contributed by atoms with Gasteiger partial charge in [0.25, 0.3) is 0 Å². The number of aliphatic carboxylic acids is 1. The van der Waals surface area contributed by atoms with Gasteiger partial charge in [0.2, 0.25) is 6.79 Å². The van der Waals surface area contributed by atoms with Crippen LogP contribution in [0.2, 0.25) is 0 Å². The monoisotopic (exact) mass is 455 g/mol. The van der Waals surface area contributed by atoms with Crippen molar-refractivity contribution in [2.45, 2.75) is 25.2 Å². The zero-order valence-electron chi connectivity index (χ0n) is 17.9. The van der Waals surface area contributed by atoms with E-state index in [9.17, 15) is 30.0 Å². The summed E-state index contributed by atoms with van der Waals surface area (Å²) in [6, 6.07) is 5.66. The third-order valence-corrected chi connectivity index (χ3v) is 6.91. The molecule has 0 radical (unpaired) electrons. The van der Waals surface area contributed by atoms with E-state index in [2.05, 4.69) is 4.90 Å². The fraction of sp³-hybridized carbons (Fsp3) is 0.417. The molecule has 9 nitrogen and oxygen atoms in total. The molecular formula is C24H25NO8. The highest BCUT2D eigenvalue weighted by molar-refractivity contribution is 6.04. The van der Waals surface area contributed by atoms with Crippen LogP contribution in [0.3, 0.4) is 0 Å². The molecule has 3 atom stereocenters. The van der Waals surface area contributed by atoms with Crippen LogP contribution in [-0.2, 0) is 4.79 Å². The summed E-state index contributed by atoms with van der Waals surface area (Å²) in [5.74, 6) is -5.27. The van der Waals surface area contributed by atoms with Gasteiger partial charge in [-0.25, -0.2) is 0 Å². The summed E-state index contributed by atoms with van der Waals surface area (Å²) in [6.45, 7) is 1.90. The molecule has 174 valence electrons. The lowest BCUT2D eigenvalue weighted by atomic mass is 9.65. The molecular weight excluding hydrogens is 430 g/mol. The highest BCUT2D eigenvalue weighted by Gasteiger charge is 2.48. The third kappa shape index (κ3) is 3.62. The highest BCUT2D eigenvalue weighted by Crippen LogP contribution is 2.50. The summed E-state index contributed by atoms with van der Waals surface area (Å²) in [6.07, 6.45) is 3.10. The van der Waals surface area contributed by atoms with Gasteiger partial charge in [0, 0.05) is 23.9 Å². The van der Waals surface area contributed by atoms with Crippen LogP contribution in [0, 0.1) is 11.8 Å². The number of likely N-dealkylation sites (tertiary alicyclic amines) is 1. The number of ether oxygens (including phenoxy) is 2. The average molecular weight is 455 g/mol. The number of carbonyl (C=O) groups excluding carboxylic acids is 1. The van der Waals surface area contributed by atoms with E-state index in [0.29, 0.717) is 29.2 Å². The number of aromatic hydroxyl groups is 3. The van der Waals surface area contributed by atoms with Crippen LogP contribution < -0.4 is 9.47 Å². The molecule has 0 bridgehead atoms. The number of nitrogens with zero attached hydrogens (tertiary/aromatic N) is 1. The van der Waals surface area contributed by atoms with Gasteiger partial charge in [0.15, 0.2) is 34.5 Å². The third-order valence-electron chi connectivity index (χ3n) is 6.91.